The number of likely N-dealkylation sites (N-methyl/N-ethyl adjacent to an activating group) is 1. The predicted molar refractivity (Wildman–Crippen MR) is 268 cm³/mol. The highest BCUT2D eigenvalue weighted by molar-refractivity contribution is 5.70. The van der Waals surface area contributed by atoms with Gasteiger partial charge in [0.1, 0.15) is 12.6 Å². The van der Waals surface area contributed by atoms with Gasteiger partial charge in [0.15, 0.2) is 6.10 Å². The van der Waals surface area contributed by atoms with Gasteiger partial charge >= 0.3 is 11.9 Å². The molecule has 0 N–H and O–H groups in total. The van der Waals surface area contributed by atoms with Crippen molar-refractivity contribution < 1.29 is 38.2 Å². The Morgan fingerprint density at radius 3 is 1.28 bits per heavy atom. The topological polar surface area (TPSA) is 102 Å². The van der Waals surface area contributed by atoms with E-state index in [1.54, 1.807) is 21.1 Å². The highest BCUT2D eigenvalue weighted by Gasteiger charge is 2.25. The molecule has 2 atom stereocenters. The summed E-state index contributed by atoms with van der Waals surface area (Å²) in [7, 11) is 5.38. The summed E-state index contributed by atoms with van der Waals surface area (Å²) in [5, 5.41) is 11.7. The van der Waals surface area contributed by atoms with Crippen molar-refractivity contribution in [1.82, 2.24) is 0 Å². The molecule has 2 unspecified atom stereocenters. The molecule has 0 aliphatic carbocycles. The third-order valence-electron chi connectivity index (χ3n) is 10.7. The standard InChI is InChI=1S/C56H93NO7/c1-6-8-10-12-14-16-18-20-22-24-26-27-29-30-32-34-36-38-40-42-44-46-54(58)63-51-52(50-62-49-48-53(56(60)61)57(3,4)5)64-55(59)47-45-43-41-39-37-35-33-31-28-25-23-21-19-17-15-13-11-9-7-2/h8-11,14-17,21,23,28,31,35,37,41,43,52-53H,6-7,12-13,18-20,22,24-27,29-30,32-34,36,38-40,42,44-51H2,1-5H3/b10-8+,11-9+,16-14+,17-15+,23-21+,31-28+,37-35+,43-41+. The molecule has 0 saturated carbocycles. The number of quaternary nitrogens is 1. The maximum Gasteiger partial charge on any atom is 0.306 e. The minimum absolute atomic E-state index is 0.00561. The molecule has 8 nitrogen and oxygen atoms in total. The van der Waals surface area contributed by atoms with Crippen LogP contribution < -0.4 is 5.11 Å². The summed E-state index contributed by atoms with van der Waals surface area (Å²) >= 11 is 0. The van der Waals surface area contributed by atoms with Gasteiger partial charge in [-0.25, -0.2) is 0 Å². The molecule has 0 aliphatic rings. The number of carboxylic acid groups (broad SMARTS) is 1. The number of aliphatic carboxylic acids is 1. The van der Waals surface area contributed by atoms with E-state index in [-0.39, 0.29) is 43.1 Å². The van der Waals surface area contributed by atoms with E-state index in [9.17, 15) is 19.5 Å². The molecular formula is C56H93NO7. The van der Waals surface area contributed by atoms with Gasteiger partial charge in [-0.15, -0.1) is 0 Å². The summed E-state index contributed by atoms with van der Waals surface area (Å²) in [6, 6.07) is -0.744. The highest BCUT2D eigenvalue weighted by Crippen LogP contribution is 2.15. The van der Waals surface area contributed by atoms with Crippen molar-refractivity contribution in [1.29, 1.82) is 0 Å². The van der Waals surface area contributed by atoms with Crippen LogP contribution in [0.3, 0.4) is 0 Å². The van der Waals surface area contributed by atoms with Crippen LogP contribution in [0.5, 0.6) is 0 Å². The average Bonchev–Trinajstić information content (AvgIpc) is 3.26. The smallest absolute Gasteiger partial charge is 0.306 e. The number of ether oxygens (including phenoxy) is 3. The molecule has 0 fully saturated rings. The number of nitrogens with zero attached hydrogens (tertiary/aromatic N) is 1. The largest absolute Gasteiger partial charge is 0.544 e. The third kappa shape index (κ3) is 43.5. The van der Waals surface area contributed by atoms with E-state index in [1.165, 1.54) is 77.0 Å². The molecule has 0 aromatic heterocycles. The monoisotopic (exact) mass is 892 g/mol. The number of unbranched alkanes of at least 4 members (excludes halogenated alkanes) is 14. The highest BCUT2D eigenvalue weighted by atomic mass is 16.6. The van der Waals surface area contributed by atoms with Crippen molar-refractivity contribution in [3.8, 4) is 0 Å². The predicted octanol–water partition coefficient (Wildman–Crippen LogP) is 13.3. The second kappa shape index (κ2) is 45.8. The number of hydrogen-bond donors (Lipinski definition) is 0. The fourth-order valence-corrected chi connectivity index (χ4v) is 6.90. The second-order valence-electron chi connectivity index (χ2n) is 17.6. The molecule has 0 amide bonds. The molecule has 0 rings (SSSR count). The third-order valence-corrected chi connectivity index (χ3v) is 10.7. The summed E-state index contributed by atoms with van der Waals surface area (Å²) in [5.74, 6) is -1.85. The van der Waals surface area contributed by atoms with E-state index in [0.29, 0.717) is 12.8 Å². The molecule has 0 radical (unpaired) electrons. The number of esters is 2. The fraction of sp³-hybridized carbons (Fsp3) is 0.661. The number of rotatable bonds is 44. The Morgan fingerprint density at radius 2 is 0.859 bits per heavy atom. The van der Waals surface area contributed by atoms with Gasteiger partial charge in [-0.2, -0.15) is 0 Å². The SMILES string of the molecule is CC/C=C/C/C=C/C/C=C/C/C=C/C/C=C/C/C=C/CCC(=O)OC(COCCC(C(=O)[O-])[N+](C)(C)C)COC(=O)CCCCCCCCCCCCCCCC/C=C/C/C=C/CC. The first-order valence-electron chi connectivity index (χ1n) is 25.3. The lowest BCUT2D eigenvalue weighted by Gasteiger charge is -2.34. The quantitative estimate of drug-likeness (QED) is 0.0260. The van der Waals surface area contributed by atoms with Crippen LogP contribution >= 0.6 is 0 Å². The molecule has 0 bridgehead atoms. The first-order chi connectivity index (χ1) is 31.1. The fourth-order valence-electron chi connectivity index (χ4n) is 6.90. The Bertz CT molecular complexity index is 1360. The van der Waals surface area contributed by atoms with E-state index < -0.39 is 24.1 Å². The Balaban J connectivity index is 4.35. The molecule has 364 valence electrons. The molecule has 0 heterocycles. The summed E-state index contributed by atoms with van der Waals surface area (Å²) in [5.41, 5.74) is 0. The average molecular weight is 892 g/mol. The zero-order valence-corrected chi connectivity index (χ0v) is 41.4. The van der Waals surface area contributed by atoms with Crippen LogP contribution in [-0.4, -0.2) is 75.5 Å². The molecule has 0 aromatic rings. The van der Waals surface area contributed by atoms with Crippen molar-refractivity contribution in [3.63, 3.8) is 0 Å². The lowest BCUT2D eigenvalue weighted by atomic mass is 10.0. The summed E-state index contributed by atoms with van der Waals surface area (Å²) < 4.78 is 17.1. The maximum absolute atomic E-state index is 12.7. The Hall–Kier alpha value is -3.75. The zero-order chi connectivity index (χ0) is 47.0. The van der Waals surface area contributed by atoms with Crippen molar-refractivity contribution in [2.45, 2.75) is 199 Å². The van der Waals surface area contributed by atoms with Crippen LogP contribution in [0.25, 0.3) is 0 Å². The van der Waals surface area contributed by atoms with Gasteiger partial charge in [0.2, 0.25) is 0 Å². The van der Waals surface area contributed by atoms with Gasteiger partial charge < -0.3 is 28.6 Å². The van der Waals surface area contributed by atoms with E-state index in [2.05, 4.69) is 98.9 Å². The second-order valence-corrected chi connectivity index (χ2v) is 17.6. The Morgan fingerprint density at radius 1 is 0.469 bits per heavy atom. The van der Waals surface area contributed by atoms with Crippen LogP contribution in [0, 0.1) is 0 Å². The number of carbonyl (C=O) groups excluding carboxylic acids is 3. The van der Waals surface area contributed by atoms with Crippen LogP contribution in [0.2, 0.25) is 0 Å². The summed E-state index contributed by atoms with van der Waals surface area (Å²) in [6.07, 6.45) is 61.7. The number of allylic oxidation sites excluding steroid dienone is 16. The summed E-state index contributed by atoms with van der Waals surface area (Å²) in [6.45, 7) is 4.37. The van der Waals surface area contributed by atoms with Crippen LogP contribution in [0.4, 0.5) is 0 Å². The molecule has 8 heteroatoms. The minimum Gasteiger partial charge on any atom is -0.544 e. The number of carbonyl (C=O) groups is 3. The summed E-state index contributed by atoms with van der Waals surface area (Å²) in [4.78, 5) is 37.0. The first-order valence-corrected chi connectivity index (χ1v) is 25.3. The molecular weight excluding hydrogens is 799 g/mol. The zero-order valence-electron chi connectivity index (χ0n) is 41.4. The van der Waals surface area contributed by atoms with Gasteiger partial charge in [-0.05, 0) is 77.0 Å². The maximum atomic E-state index is 12.7. The molecule has 64 heavy (non-hydrogen) atoms. The van der Waals surface area contributed by atoms with Crippen molar-refractivity contribution in [2.75, 3.05) is 41.0 Å². The van der Waals surface area contributed by atoms with E-state index in [1.807, 2.05) is 12.2 Å². The number of carboxylic acids is 1. The van der Waals surface area contributed by atoms with Gasteiger partial charge in [-0.1, -0.05) is 188 Å². The normalized spacial score (nSPS) is 13.7. The van der Waals surface area contributed by atoms with Gasteiger partial charge in [0.05, 0.1) is 40.3 Å². The van der Waals surface area contributed by atoms with E-state index in [0.717, 1.165) is 70.6 Å². The van der Waals surface area contributed by atoms with Crippen molar-refractivity contribution in [2.24, 2.45) is 0 Å². The van der Waals surface area contributed by atoms with Gasteiger partial charge in [0.25, 0.3) is 0 Å². The minimum atomic E-state index is -1.14. The number of hydrogen-bond acceptors (Lipinski definition) is 7. The lowest BCUT2D eigenvalue weighted by molar-refractivity contribution is -0.889. The van der Waals surface area contributed by atoms with Gasteiger partial charge in [0, 0.05) is 19.3 Å². The van der Waals surface area contributed by atoms with Crippen molar-refractivity contribution in [3.05, 3.63) is 97.2 Å². The van der Waals surface area contributed by atoms with Crippen LogP contribution in [0.1, 0.15) is 187 Å². The molecule has 0 spiro atoms. The van der Waals surface area contributed by atoms with Gasteiger partial charge in [-0.3, -0.25) is 9.59 Å². The molecule has 0 aromatic carbocycles. The molecule has 0 aliphatic heterocycles. The van der Waals surface area contributed by atoms with E-state index in [4.69, 9.17) is 14.2 Å². The lowest BCUT2D eigenvalue weighted by Crippen LogP contribution is -2.55. The van der Waals surface area contributed by atoms with Crippen LogP contribution in [-0.2, 0) is 28.6 Å². The molecule has 0 saturated heterocycles. The first kappa shape index (κ1) is 60.2. The van der Waals surface area contributed by atoms with E-state index >= 15 is 0 Å². The Labute approximate surface area is 392 Å². The Kier molecular flexibility index (Phi) is 43.1. The van der Waals surface area contributed by atoms with Crippen LogP contribution in [0.15, 0.2) is 97.2 Å². The van der Waals surface area contributed by atoms with Crippen molar-refractivity contribution >= 4 is 17.9 Å².